The number of benzene rings is 2. The average molecular weight is 384 g/mol. The van der Waals surface area contributed by atoms with Gasteiger partial charge in [0.15, 0.2) is 0 Å². The van der Waals surface area contributed by atoms with Crippen LogP contribution in [0.2, 0.25) is 0 Å². The summed E-state index contributed by atoms with van der Waals surface area (Å²) in [5.74, 6) is -0.0453. The minimum atomic E-state index is -3.73. The van der Waals surface area contributed by atoms with Crippen LogP contribution in [0.4, 0.5) is 11.4 Å². The number of fused-ring (bicyclic) bond motifs is 1. The molecule has 2 heterocycles. The van der Waals surface area contributed by atoms with E-state index in [0.29, 0.717) is 24.2 Å². The lowest BCUT2D eigenvalue weighted by molar-refractivity contribution is -0.116. The molecule has 0 saturated carbocycles. The summed E-state index contributed by atoms with van der Waals surface area (Å²) in [4.78, 5) is 12.6. The van der Waals surface area contributed by atoms with Crippen LogP contribution in [0.1, 0.15) is 12.0 Å². The molecule has 7 heteroatoms. The number of sulfonamides is 1. The molecule has 2 N–H and O–H groups in total. The first kappa shape index (κ1) is 16.8. The number of rotatable bonds is 4. The van der Waals surface area contributed by atoms with E-state index in [0.717, 1.165) is 16.0 Å². The minimum absolute atomic E-state index is 0.0453. The van der Waals surface area contributed by atoms with Crippen LogP contribution in [0.25, 0.3) is 10.4 Å². The molecule has 26 heavy (non-hydrogen) atoms. The maximum absolute atomic E-state index is 12.9. The molecule has 0 aliphatic carbocycles. The lowest BCUT2D eigenvalue weighted by atomic mass is 10.0. The normalized spacial score (nSPS) is 13.8. The summed E-state index contributed by atoms with van der Waals surface area (Å²) in [6.45, 7) is 0. The SMILES string of the molecule is O=C1CCc2cc(S(=O)(=O)Nc3ccccc3-c3cccs3)ccc2N1. The van der Waals surface area contributed by atoms with Gasteiger partial charge in [0, 0.05) is 22.5 Å². The number of hydrogen-bond donors (Lipinski definition) is 2. The van der Waals surface area contributed by atoms with Gasteiger partial charge in [-0.25, -0.2) is 8.42 Å². The van der Waals surface area contributed by atoms with E-state index in [-0.39, 0.29) is 10.8 Å². The number of carbonyl (C=O) groups is 1. The lowest BCUT2D eigenvalue weighted by Crippen LogP contribution is -2.20. The van der Waals surface area contributed by atoms with Gasteiger partial charge in [0.1, 0.15) is 0 Å². The van der Waals surface area contributed by atoms with Crippen LogP contribution in [0.5, 0.6) is 0 Å². The molecule has 4 rings (SSSR count). The van der Waals surface area contributed by atoms with Crippen LogP contribution < -0.4 is 10.0 Å². The van der Waals surface area contributed by atoms with E-state index in [1.807, 2.05) is 29.6 Å². The Kier molecular flexibility index (Phi) is 4.26. The quantitative estimate of drug-likeness (QED) is 0.711. The molecule has 1 aliphatic rings. The summed E-state index contributed by atoms with van der Waals surface area (Å²) in [6, 6.07) is 16.0. The first-order valence-electron chi connectivity index (χ1n) is 8.11. The second-order valence-corrected chi connectivity index (χ2v) is 8.63. The zero-order valence-electron chi connectivity index (χ0n) is 13.7. The Morgan fingerprint density at radius 3 is 2.65 bits per heavy atom. The van der Waals surface area contributed by atoms with E-state index in [1.54, 1.807) is 35.6 Å². The van der Waals surface area contributed by atoms with E-state index < -0.39 is 10.0 Å². The first-order chi connectivity index (χ1) is 12.5. The summed E-state index contributed by atoms with van der Waals surface area (Å²) in [6.07, 6.45) is 0.904. The molecule has 1 amide bonds. The van der Waals surface area contributed by atoms with Crippen molar-refractivity contribution in [3.05, 3.63) is 65.5 Å². The van der Waals surface area contributed by atoms with Crippen molar-refractivity contribution in [3.63, 3.8) is 0 Å². The van der Waals surface area contributed by atoms with Gasteiger partial charge >= 0.3 is 0 Å². The van der Waals surface area contributed by atoms with Gasteiger partial charge < -0.3 is 5.32 Å². The highest BCUT2D eigenvalue weighted by Gasteiger charge is 2.21. The van der Waals surface area contributed by atoms with Gasteiger partial charge in [-0.2, -0.15) is 0 Å². The molecule has 2 aromatic carbocycles. The maximum atomic E-state index is 12.9. The van der Waals surface area contributed by atoms with Crippen molar-refractivity contribution in [2.75, 3.05) is 10.0 Å². The molecule has 0 fully saturated rings. The largest absolute Gasteiger partial charge is 0.326 e. The van der Waals surface area contributed by atoms with Gasteiger partial charge in [-0.3, -0.25) is 9.52 Å². The molecule has 5 nitrogen and oxygen atoms in total. The fourth-order valence-corrected chi connectivity index (χ4v) is 4.85. The van der Waals surface area contributed by atoms with Gasteiger partial charge in [0.25, 0.3) is 10.0 Å². The van der Waals surface area contributed by atoms with Crippen LogP contribution in [0.3, 0.4) is 0 Å². The van der Waals surface area contributed by atoms with E-state index in [2.05, 4.69) is 10.0 Å². The third-order valence-corrected chi connectivity index (χ3v) is 6.51. The molecule has 0 unspecified atom stereocenters. The number of hydrogen-bond acceptors (Lipinski definition) is 4. The number of amides is 1. The fraction of sp³-hybridized carbons (Fsp3) is 0.105. The maximum Gasteiger partial charge on any atom is 0.261 e. The molecule has 0 saturated heterocycles. The zero-order chi connectivity index (χ0) is 18.1. The van der Waals surface area contributed by atoms with Crippen molar-refractivity contribution in [3.8, 4) is 10.4 Å². The van der Waals surface area contributed by atoms with Gasteiger partial charge in [-0.05, 0) is 47.7 Å². The van der Waals surface area contributed by atoms with Crippen LogP contribution in [0, 0.1) is 0 Å². The highest BCUT2D eigenvalue weighted by molar-refractivity contribution is 7.92. The van der Waals surface area contributed by atoms with E-state index in [1.165, 1.54) is 6.07 Å². The number of carbonyl (C=O) groups excluding carboxylic acids is 1. The number of anilines is 2. The van der Waals surface area contributed by atoms with Gasteiger partial charge in [0.2, 0.25) is 5.91 Å². The molecule has 0 atom stereocenters. The summed E-state index contributed by atoms with van der Waals surface area (Å²) in [5.41, 5.74) is 2.90. The Labute approximate surface area is 155 Å². The van der Waals surface area contributed by atoms with Crippen molar-refractivity contribution in [2.24, 2.45) is 0 Å². The molecule has 0 bridgehead atoms. The van der Waals surface area contributed by atoms with Crippen molar-refractivity contribution >= 4 is 38.6 Å². The van der Waals surface area contributed by atoms with Gasteiger partial charge in [0.05, 0.1) is 10.6 Å². The highest BCUT2D eigenvalue weighted by Crippen LogP contribution is 2.33. The fourth-order valence-electron chi connectivity index (χ4n) is 2.95. The van der Waals surface area contributed by atoms with Crippen LogP contribution in [-0.2, 0) is 21.2 Å². The molecule has 0 radical (unpaired) electrons. The molecule has 1 aliphatic heterocycles. The van der Waals surface area contributed by atoms with Crippen molar-refractivity contribution in [2.45, 2.75) is 17.7 Å². The number of thiophene rings is 1. The van der Waals surface area contributed by atoms with E-state index in [9.17, 15) is 13.2 Å². The third kappa shape index (κ3) is 3.23. The summed E-state index contributed by atoms with van der Waals surface area (Å²) >= 11 is 1.56. The number of para-hydroxylation sites is 1. The lowest BCUT2D eigenvalue weighted by Gasteiger charge is -2.18. The average Bonchev–Trinajstić information content (AvgIpc) is 3.16. The van der Waals surface area contributed by atoms with Gasteiger partial charge in [-0.1, -0.05) is 24.3 Å². The first-order valence-corrected chi connectivity index (χ1v) is 10.5. The van der Waals surface area contributed by atoms with E-state index >= 15 is 0 Å². The Balaban J connectivity index is 1.68. The van der Waals surface area contributed by atoms with Gasteiger partial charge in [-0.15, -0.1) is 11.3 Å². The summed E-state index contributed by atoms with van der Waals surface area (Å²) < 4.78 is 28.5. The summed E-state index contributed by atoms with van der Waals surface area (Å²) in [5, 5.41) is 4.72. The van der Waals surface area contributed by atoms with Crippen molar-refractivity contribution < 1.29 is 13.2 Å². The zero-order valence-corrected chi connectivity index (χ0v) is 15.4. The van der Waals surface area contributed by atoms with Crippen molar-refractivity contribution in [1.29, 1.82) is 0 Å². The minimum Gasteiger partial charge on any atom is -0.326 e. The predicted octanol–water partition coefficient (Wildman–Crippen LogP) is 4.10. The Bertz CT molecular complexity index is 1070. The molecule has 1 aromatic heterocycles. The molecule has 3 aromatic rings. The second-order valence-electron chi connectivity index (χ2n) is 6.00. The third-order valence-electron chi connectivity index (χ3n) is 4.24. The van der Waals surface area contributed by atoms with Crippen molar-refractivity contribution in [1.82, 2.24) is 0 Å². The Hall–Kier alpha value is -2.64. The highest BCUT2D eigenvalue weighted by atomic mass is 32.2. The molecule has 132 valence electrons. The Morgan fingerprint density at radius 2 is 1.85 bits per heavy atom. The molecular weight excluding hydrogens is 368 g/mol. The Morgan fingerprint density at radius 1 is 1.00 bits per heavy atom. The second kappa shape index (κ2) is 6.59. The smallest absolute Gasteiger partial charge is 0.261 e. The molecular formula is C19H16N2O3S2. The number of nitrogens with one attached hydrogen (secondary N) is 2. The monoisotopic (exact) mass is 384 g/mol. The van der Waals surface area contributed by atoms with E-state index in [4.69, 9.17) is 0 Å². The topological polar surface area (TPSA) is 75.3 Å². The standard InChI is InChI=1S/C19H16N2O3S2/c22-19-10-7-13-12-14(8-9-16(13)20-19)26(23,24)21-17-5-2-1-4-15(17)18-6-3-11-25-18/h1-6,8-9,11-12,21H,7,10H2,(H,20,22). The van der Waals surface area contributed by atoms with Crippen LogP contribution >= 0.6 is 11.3 Å². The molecule has 0 spiro atoms. The summed E-state index contributed by atoms with van der Waals surface area (Å²) in [7, 11) is -3.73. The predicted molar refractivity (Wildman–Crippen MR) is 104 cm³/mol. The van der Waals surface area contributed by atoms with Crippen LogP contribution in [-0.4, -0.2) is 14.3 Å². The number of aryl methyl sites for hydroxylation is 1. The van der Waals surface area contributed by atoms with Crippen LogP contribution in [0.15, 0.2) is 64.9 Å².